The number of unbranched alkanes of at least 4 members (excludes halogenated alkanes) is 20. The molecule has 0 amide bonds. The minimum absolute atomic E-state index is 0.0777. The number of carbonyl (C=O) groups is 2. The van der Waals surface area contributed by atoms with Crippen LogP contribution in [0.25, 0.3) is 0 Å². The van der Waals surface area contributed by atoms with Crippen LogP contribution in [0.4, 0.5) is 0 Å². The molecule has 0 unspecified atom stereocenters. The maximum Gasteiger partial charge on any atom is 0.155 e. The van der Waals surface area contributed by atoms with Crippen LogP contribution in [0, 0.1) is 0 Å². The highest BCUT2D eigenvalue weighted by atomic mass is 16.2. The van der Waals surface area contributed by atoms with Gasteiger partial charge in [0.25, 0.3) is 0 Å². The van der Waals surface area contributed by atoms with Gasteiger partial charge in [0.2, 0.25) is 0 Å². The Kier molecular flexibility index (Phi) is 20.8. The summed E-state index contributed by atoms with van der Waals surface area (Å²) in [7, 11) is 0. The summed E-state index contributed by atoms with van der Waals surface area (Å²) >= 11 is 0. The monoisotopic (exact) mass is 588 g/mol. The average molecular weight is 589 g/mol. The van der Waals surface area contributed by atoms with Gasteiger partial charge < -0.3 is 0 Å². The van der Waals surface area contributed by atoms with Gasteiger partial charge in [-0.2, -0.15) is 0 Å². The standard InChI is InChI=1S/C41H64O2/c1-3-5-7-9-11-13-15-17-19-21-29-35-39(42)41(37-31-25-23-26-32-37,38-33-27-24-28-34-38)40(43)36-30-22-20-18-16-14-12-10-8-6-4-2/h23-28,31-34H,3-22,29-30,35-36H2,1-2H3. The van der Waals surface area contributed by atoms with E-state index in [1.54, 1.807) is 0 Å². The Balaban J connectivity index is 1.93. The summed E-state index contributed by atoms with van der Waals surface area (Å²) in [5, 5.41) is 0. The Hall–Kier alpha value is -2.22. The van der Waals surface area contributed by atoms with Crippen LogP contribution in [0.3, 0.4) is 0 Å². The SMILES string of the molecule is CCCCCCCCCCCCCC(=O)C(C(=O)CCCCCCCCCCCCC)(c1ccccc1)c1ccccc1. The number of Topliss-reactive ketones (excluding diaryl/α,β-unsaturated/α-hetero) is 2. The van der Waals surface area contributed by atoms with Crippen LogP contribution in [0.15, 0.2) is 60.7 Å². The number of carbonyl (C=O) groups excluding carboxylic acids is 2. The quantitative estimate of drug-likeness (QED) is 0.0732. The van der Waals surface area contributed by atoms with Crippen molar-refractivity contribution in [3.63, 3.8) is 0 Å². The minimum atomic E-state index is -1.19. The molecule has 0 heterocycles. The first-order chi connectivity index (χ1) is 21.2. The Morgan fingerprint density at radius 3 is 0.930 bits per heavy atom. The molecule has 0 spiro atoms. The molecule has 0 fully saturated rings. The highest BCUT2D eigenvalue weighted by Gasteiger charge is 2.47. The molecule has 0 saturated carbocycles. The fourth-order valence-corrected chi connectivity index (χ4v) is 6.62. The zero-order valence-electron chi connectivity index (χ0n) is 28.1. The summed E-state index contributed by atoms with van der Waals surface area (Å²) < 4.78 is 0. The van der Waals surface area contributed by atoms with Crippen LogP contribution < -0.4 is 0 Å². The lowest BCUT2D eigenvalue weighted by atomic mass is 9.66. The largest absolute Gasteiger partial charge is 0.298 e. The van der Waals surface area contributed by atoms with E-state index in [1.807, 2.05) is 60.7 Å². The molecule has 0 aliphatic carbocycles. The van der Waals surface area contributed by atoms with Crippen molar-refractivity contribution in [3.8, 4) is 0 Å². The van der Waals surface area contributed by atoms with Crippen molar-refractivity contribution < 1.29 is 9.59 Å². The van der Waals surface area contributed by atoms with Gasteiger partial charge in [-0.1, -0.05) is 203 Å². The van der Waals surface area contributed by atoms with Crippen LogP contribution in [-0.2, 0) is 15.0 Å². The lowest BCUT2D eigenvalue weighted by Gasteiger charge is -2.32. The third kappa shape index (κ3) is 14.0. The molecule has 43 heavy (non-hydrogen) atoms. The maximum atomic E-state index is 14.2. The summed E-state index contributed by atoms with van der Waals surface area (Å²) in [6, 6.07) is 19.8. The van der Waals surface area contributed by atoms with E-state index in [9.17, 15) is 9.59 Å². The lowest BCUT2D eigenvalue weighted by molar-refractivity contribution is -0.133. The lowest BCUT2D eigenvalue weighted by Crippen LogP contribution is -2.45. The first-order valence-electron chi connectivity index (χ1n) is 18.4. The van der Waals surface area contributed by atoms with E-state index in [0.29, 0.717) is 12.8 Å². The second-order valence-corrected chi connectivity index (χ2v) is 12.9. The predicted molar refractivity (Wildman–Crippen MR) is 186 cm³/mol. The van der Waals surface area contributed by atoms with Crippen LogP contribution in [0.1, 0.15) is 179 Å². The molecule has 2 aromatic rings. The van der Waals surface area contributed by atoms with E-state index in [2.05, 4.69) is 13.8 Å². The highest BCUT2D eigenvalue weighted by Crippen LogP contribution is 2.38. The van der Waals surface area contributed by atoms with Crippen LogP contribution in [0.5, 0.6) is 0 Å². The van der Waals surface area contributed by atoms with Crippen molar-refractivity contribution in [2.75, 3.05) is 0 Å². The Morgan fingerprint density at radius 1 is 0.395 bits per heavy atom. The normalized spacial score (nSPS) is 11.6. The summed E-state index contributed by atoms with van der Waals surface area (Å²) in [4.78, 5) is 28.5. The second kappa shape index (κ2) is 24.1. The summed E-state index contributed by atoms with van der Waals surface area (Å²) in [6.07, 6.45) is 28.5. The molecule has 2 aromatic carbocycles. The minimum Gasteiger partial charge on any atom is -0.298 e. The molecule has 0 saturated heterocycles. The molecule has 0 bridgehead atoms. The van der Waals surface area contributed by atoms with Crippen molar-refractivity contribution in [2.24, 2.45) is 0 Å². The molecule has 0 aliphatic heterocycles. The van der Waals surface area contributed by atoms with Crippen molar-refractivity contribution >= 4 is 11.6 Å². The van der Waals surface area contributed by atoms with Gasteiger partial charge in [-0.25, -0.2) is 0 Å². The topological polar surface area (TPSA) is 34.1 Å². The van der Waals surface area contributed by atoms with Gasteiger partial charge in [0.1, 0.15) is 5.41 Å². The first kappa shape index (κ1) is 37.0. The van der Waals surface area contributed by atoms with Gasteiger partial charge in [0.15, 0.2) is 11.6 Å². The van der Waals surface area contributed by atoms with Crippen molar-refractivity contribution in [1.82, 2.24) is 0 Å². The smallest absolute Gasteiger partial charge is 0.155 e. The molecule has 2 nitrogen and oxygen atoms in total. The van der Waals surface area contributed by atoms with Gasteiger partial charge in [-0.15, -0.1) is 0 Å². The highest BCUT2D eigenvalue weighted by molar-refractivity contribution is 6.16. The number of ketones is 2. The second-order valence-electron chi connectivity index (χ2n) is 12.9. The van der Waals surface area contributed by atoms with Crippen molar-refractivity contribution in [1.29, 1.82) is 0 Å². The molecule has 240 valence electrons. The molecule has 0 aliphatic rings. The fraction of sp³-hybridized carbons (Fsp3) is 0.659. The van der Waals surface area contributed by atoms with Crippen LogP contribution >= 0.6 is 0 Å². The van der Waals surface area contributed by atoms with Gasteiger partial charge >= 0.3 is 0 Å². The molecule has 2 rings (SSSR count). The molecular weight excluding hydrogens is 524 g/mol. The van der Waals surface area contributed by atoms with Gasteiger partial charge in [-0.05, 0) is 24.0 Å². The Morgan fingerprint density at radius 2 is 0.651 bits per heavy atom. The number of benzene rings is 2. The van der Waals surface area contributed by atoms with E-state index in [4.69, 9.17) is 0 Å². The van der Waals surface area contributed by atoms with Crippen molar-refractivity contribution in [2.45, 2.75) is 173 Å². The number of rotatable bonds is 28. The Labute approximate surface area is 265 Å². The van der Waals surface area contributed by atoms with Gasteiger partial charge in [-0.3, -0.25) is 9.59 Å². The van der Waals surface area contributed by atoms with Crippen molar-refractivity contribution in [3.05, 3.63) is 71.8 Å². The maximum absolute atomic E-state index is 14.2. The summed E-state index contributed by atoms with van der Waals surface area (Å²) in [6.45, 7) is 4.54. The average Bonchev–Trinajstić information content (AvgIpc) is 3.04. The van der Waals surface area contributed by atoms with E-state index in [-0.39, 0.29) is 11.6 Å². The summed E-state index contributed by atoms with van der Waals surface area (Å²) in [5.41, 5.74) is 0.476. The van der Waals surface area contributed by atoms with Crippen LogP contribution in [-0.4, -0.2) is 11.6 Å². The zero-order valence-corrected chi connectivity index (χ0v) is 28.1. The molecule has 2 heteroatoms. The summed E-state index contributed by atoms with van der Waals surface area (Å²) in [5.74, 6) is 0.155. The number of hydrogen-bond donors (Lipinski definition) is 0. The molecule has 0 radical (unpaired) electrons. The van der Waals surface area contributed by atoms with E-state index >= 15 is 0 Å². The van der Waals surface area contributed by atoms with Gasteiger partial charge in [0.05, 0.1) is 0 Å². The molecule has 0 atom stereocenters. The van der Waals surface area contributed by atoms with E-state index < -0.39 is 5.41 Å². The fourth-order valence-electron chi connectivity index (χ4n) is 6.62. The first-order valence-corrected chi connectivity index (χ1v) is 18.4. The zero-order chi connectivity index (χ0) is 30.9. The number of hydrogen-bond acceptors (Lipinski definition) is 2. The predicted octanol–water partition coefficient (Wildman–Crippen LogP) is 12.5. The third-order valence-electron chi connectivity index (χ3n) is 9.26. The third-order valence-corrected chi connectivity index (χ3v) is 9.26. The molecule has 0 aromatic heterocycles. The van der Waals surface area contributed by atoms with E-state index in [0.717, 1.165) is 36.8 Å². The molecule has 0 N–H and O–H groups in total. The molecular formula is C41H64O2. The van der Waals surface area contributed by atoms with Gasteiger partial charge in [0, 0.05) is 12.8 Å². The Bertz CT molecular complexity index is 869. The van der Waals surface area contributed by atoms with E-state index in [1.165, 1.54) is 116 Å². The van der Waals surface area contributed by atoms with Crippen LogP contribution in [0.2, 0.25) is 0 Å².